The molecule has 15 heavy (non-hydrogen) atoms. The van der Waals surface area contributed by atoms with Gasteiger partial charge in [-0.2, -0.15) is 0 Å². The van der Waals surface area contributed by atoms with Crippen molar-refractivity contribution in [2.75, 3.05) is 6.54 Å². The summed E-state index contributed by atoms with van der Waals surface area (Å²) in [5.41, 5.74) is 0. The fourth-order valence-corrected chi connectivity index (χ4v) is 4.04. The van der Waals surface area contributed by atoms with Crippen LogP contribution in [0.3, 0.4) is 0 Å². The van der Waals surface area contributed by atoms with Crippen LogP contribution >= 0.6 is 0 Å². The number of hydrogen-bond donors (Lipinski definition) is 0. The summed E-state index contributed by atoms with van der Waals surface area (Å²) in [5, 5.41) is 0. The molecule has 84 valence electrons. The van der Waals surface area contributed by atoms with Crippen molar-refractivity contribution in [2.24, 2.45) is 4.99 Å². The molecule has 0 rings (SSSR count). The van der Waals surface area contributed by atoms with Crippen molar-refractivity contribution in [2.45, 2.75) is 66.0 Å². The summed E-state index contributed by atoms with van der Waals surface area (Å²) in [6.07, 6.45) is 3.84. The Balaban J connectivity index is 4.17. The van der Waals surface area contributed by atoms with Gasteiger partial charge in [-0.3, -0.25) is 0 Å². The predicted octanol–water partition coefficient (Wildman–Crippen LogP) is 3.20. The summed E-state index contributed by atoms with van der Waals surface area (Å²) >= 11 is 0.849. The Morgan fingerprint density at radius 2 is 1.67 bits per heavy atom. The van der Waals surface area contributed by atoms with Crippen molar-refractivity contribution in [3.8, 4) is 0 Å². The molecule has 0 bridgehead atoms. The molecule has 0 amide bonds. The third kappa shape index (κ3) is 6.75. The van der Waals surface area contributed by atoms with Crippen molar-refractivity contribution in [3.05, 3.63) is 0 Å². The van der Waals surface area contributed by atoms with Crippen molar-refractivity contribution >= 4 is 2.24 Å². The van der Waals surface area contributed by atoms with Gasteiger partial charge in [-0.25, -0.2) is 0 Å². The van der Waals surface area contributed by atoms with Gasteiger partial charge in [0.1, 0.15) is 0 Å². The molecule has 0 N–H and O–H groups in total. The van der Waals surface area contributed by atoms with E-state index in [4.69, 9.17) is 4.99 Å². The molecule has 0 aromatic rings. The van der Waals surface area contributed by atoms with Gasteiger partial charge in [0.05, 0.1) is 0 Å². The maximum atomic E-state index is 4.72. The van der Waals surface area contributed by atoms with Gasteiger partial charge < -0.3 is 0 Å². The van der Waals surface area contributed by atoms with Crippen LogP contribution in [-0.2, 0) is 0 Å². The van der Waals surface area contributed by atoms with E-state index in [1.54, 1.807) is 0 Å². The van der Waals surface area contributed by atoms with Crippen molar-refractivity contribution < 1.29 is 33.7 Å². The number of rotatable bonds is 6. The molecular weight excluding hydrogens is 311 g/mol. The van der Waals surface area contributed by atoms with Gasteiger partial charge in [-0.15, -0.1) is 0 Å². The van der Waals surface area contributed by atoms with E-state index >= 15 is 0 Å². The van der Waals surface area contributed by atoms with Crippen LogP contribution in [0.25, 0.3) is 0 Å². The second-order valence-corrected chi connectivity index (χ2v) is 6.16. The summed E-state index contributed by atoms with van der Waals surface area (Å²) in [6, 6.07) is 1.17. The van der Waals surface area contributed by atoms with Crippen LogP contribution in [0.2, 0.25) is 0 Å². The fourth-order valence-electron chi connectivity index (χ4n) is 1.76. The van der Waals surface area contributed by atoms with E-state index in [0.717, 1.165) is 40.3 Å². The molecule has 0 fully saturated rings. The Kier molecular flexibility index (Phi) is 9.16. The monoisotopic (exact) mass is 336 g/mol. The molecule has 2 nitrogen and oxygen atoms in total. The van der Waals surface area contributed by atoms with Crippen molar-refractivity contribution in [3.63, 3.8) is 0 Å². The molecule has 0 radical (unpaired) electrons. The zero-order chi connectivity index (χ0) is 11.8. The minimum absolute atomic E-state index is 0.583. The van der Waals surface area contributed by atoms with Gasteiger partial charge in [0, 0.05) is 0 Å². The van der Waals surface area contributed by atoms with Crippen LogP contribution in [0.15, 0.2) is 4.99 Å². The second kappa shape index (κ2) is 8.78. The average Bonchev–Trinajstić information content (AvgIpc) is 2.11. The molecule has 0 saturated heterocycles. The van der Waals surface area contributed by atoms with Gasteiger partial charge in [-0.1, -0.05) is 0 Å². The molecule has 0 heterocycles. The first kappa shape index (κ1) is 15.7. The Morgan fingerprint density at radius 3 is 2.07 bits per heavy atom. The van der Waals surface area contributed by atoms with Crippen LogP contribution < -0.4 is 0 Å². The number of aliphatic imine (C=N–C) groups is 1. The first-order chi connectivity index (χ1) is 7.00. The topological polar surface area (TPSA) is 15.6 Å². The Labute approximate surface area is 118 Å². The molecule has 3 heteroatoms. The van der Waals surface area contributed by atoms with Gasteiger partial charge in [0.2, 0.25) is 0 Å². The second-order valence-electron chi connectivity index (χ2n) is 4.54. The quantitative estimate of drug-likeness (QED) is 0.413. The number of hydrogen-bond acceptors (Lipinski definition) is 1. The van der Waals surface area contributed by atoms with E-state index in [9.17, 15) is 0 Å². The Bertz CT molecular complexity index is 180. The molecular formula is C12H25LaN2+2. The van der Waals surface area contributed by atoms with Gasteiger partial charge in [0.15, 0.2) is 0 Å². The SMILES string of the molecule is CCCCCN=[C]([La+2])N(C(C)C)C(C)C. The Morgan fingerprint density at radius 1 is 1.13 bits per heavy atom. The molecule has 0 aliphatic rings. The van der Waals surface area contributed by atoms with E-state index in [0.29, 0.717) is 12.1 Å². The maximum absolute atomic E-state index is 4.72. The fraction of sp³-hybridized carbons (Fsp3) is 0.917. The van der Waals surface area contributed by atoms with E-state index < -0.39 is 0 Å². The predicted molar refractivity (Wildman–Crippen MR) is 63.9 cm³/mol. The summed E-state index contributed by atoms with van der Waals surface area (Å²) in [7, 11) is 0. The van der Waals surface area contributed by atoms with Crippen molar-refractivity contribution in [1.82, 2.24) is 4.90 Å². The van der Waals surface area contributed by atoms with E-state index in [1.165, 1.54) is 21.5 Å². The standard InChI is InChI=1S/C12H25N2.La/c1-6-7-8-9-13-10-14(11(2)3)12(4)5;/h11-12H,6-9H2,1-5H3;/q;+2. The van der Waals surface area contributed by atoms with Gasteiger partial charge in [0.25, 0.3) is 0 Å². The summed E-state index contributed by atoms with van der Waals surface area (Å²) in [6.45, 7) is 12.3. The zero-order valence-corrected chi connectivity index (χ0v) is 14.6. The number of amidine groups is 1. The zero-order valence-electron chi connectivity index (χ0n) is 11.0. The van der Waals surface area contributed by atoms with Crippen LogP contribution in [-0.4, -0.2) is 25.8 Å². The number of nitrogens with zero attached hydrogens (tertiary/aromatic N) is 2. The molecule has 0 saturated carbocycles. The summed E-state index contributed by atoms with van der Waals surface area (Å²) in [5.74, 6) is 0. The molecule has 0 aliphatic heterocycles. The normalized spacial score (nSPS) is 12.7. The van der Waals surface area contributed by atoms with E-state index in [2.05, 4.69) is 39.5 Å². The first-order valence-electron chi connectivity index (χ1n) is 6.09. The molecule has 0 unspecified atom stereocenters. The average molecular weight is 336 g/mol. The first-order valence-corrected chi connectivity index (χ1v) is 7.90. The van der Waals surface area contributed by atoms with Gasteiger partial charge >= 0.3 is 118 Å². The van der Waals surface area contributed by atoms with E-state index in [-0.39, 0.29) is 0 Å². The molecule has 0 atom stereocenters. The summed E-state index contributed by atoms with van der Waals surface area (Å²) in [4.78, 5) is 7.18. The summed E-state index contributed by atoms with van der Waals surface area (Å²) < 4.78 is 1.36. The van der Waals surface area contributed by atoms with Crippen LogP contribution in [0.5, 0.6) is 0 Å². The molecule has 0 aromatic heterocycles. The van der Waals surface area contributed by atoms with E-state index in [1.807, 2.05) is 0 Å². The molecule has 0 spiro atoms. The van der Waals surface area contributed by atoms with Crippen LogP contribution in [0.1, 0.15) is 53.9 Å². The van der Waals surface area contributed by atoms with Gasteiger partial charge in [-0.05, 0) is 0 Å². The number of unbranched alkanes of at least 4 members (excludes halogenated alkanes) is 2. The van der Waals surface area contributed by atoms with Crippen LogP contribution in [0.4, 0.5) is 0 Å². The third-order valence-corrected chi connectivity index (χ3v) is 3.92. The Hall–Kier alpha value is 0.665. The van der Waals surface area contributed by atoms with Crippen LogP contribution in [0, 0.1) is 33.7 Å². The minimum atomic E-state index is 0.583. The van der Waals surface area contributed by atoms with Crippen molar-refractivity contribution in [1.29, 1.82) is 0 Å². The molecule has 0 aromatic carbocycles. The molecule has 0 aliphatic carbocycles. The third-order valence-electron chi connectivity index (χ3n) is 2.41.